The van der Waals surface area contributed by atoms with Gasteiger partial charge in [-0.15, -0.1) is 0 Å². The zero-order valence-electron chi connectivity index (χ0n) is 31.3. The number of benzene rings is 3. The predicted molar refractivity (Wildman–Crippen MR) is 204 cm³/mol. The summed E-state index contributed by atoms with van der Waals surface area (Å²) in [6, 6.07) is 31.9. The van der Waals surface area contributed by atoms with Crippen molar-refractivity contribution in [3.63, 3.8) is 0 Å². The van der Waals surface area contributed by atoms with Gasteiger partial charge < -0.3 is 38.3 Å². The molecule has 0 aliphatic carbocycles. The van der Waals surface area contributed by atoms with Crippen molar-refractivity contribution in [2.45, 2.75) is 115 Å². The molecule has 1 aliphatic heterocycles. The summed E-state index contributed by atoms with van der Waals surface area (Å²) in [6.45, 7) is 18.5. The molecule has 1 saturated heterocycles. The van der Waals surface area contributed by atoms with Gasteiger partial charge in [-0.3, -0.25) is 0 Å². The highest BCUT2D eigenvalue weighted by molar-refractivity contribution is 6.99. The molecule has 4 rings (SSSR count). The zero-order valence-corrected chi connectivity index (χ0v) is 33.3. The Morgan fingerprint density at radius 3 is 1.88 bits per heavy atom. The number of ether oxygens (including phenoxy) is 5. The van der Waals surface area contributed by atoms with E-state index in [2.05, 4.69) is 88.9 Å². The average molecular weight is 725 g/mol. The molecule has 8 nitrogen and oxygen atoms in total. The summed E-state index contributed by atoms with van der Waals surface area (Å²) in [7, 11) is -4.17. The molecule has 0 spiro atoms. The lowest BCUT2D eigenvalue weighted by Gasteiger charge is -2.43. The zero-order chi connectivity index (χ0) is 36.4. The van der Waals surface area contributed by atoms with Crippen LogP contribution in [0.25, 0.3) is 0 Å². The number of rotatable bonds is 19. The first-order valence-corrected chi connectivity index (χ1v) is 23.5. The summed E-state index contributed by atoms with van der Waals surface area (Å²) in [5.74, 6) is -0.867. The van der Waals surface area contributed by atoms with Gasteiger partial charge in [-0.1, -0.05) is 131 Å². The van der Waals surface area contributed by atoms with Crippen molar-refractivity contribution in [1.29, 1.82) is 0 Å². The van der Waals surface area contributed by atoms with Gasteiger partial charge in [-0.25, -0.2) is 0 Å². The highest BCUT2D eigenvalue weighted by atomic mass is 28.4. The molecule has 10 heteroatoms. The standard InChI is InChI=1S/C40H60O8Si2/c1-39(2,3)50(32-20-14-10-15-21-32,33-22-16-11-17-23-33)47-25-24-34(44-28-31-18-12-9-13-19-31)38(45-30-43-26-27-49(6,7)8)37(42)36(41)35-29-46-40(4,5)48-35/h9-23,34-38,41-42H,24-30H2,1-8H3/t34-,35-,36+,37-,38-/m0/s1. The van der Waals surface area contributed by atoms with Crippen LogP contribution in [0.4, 0.5) is 0 Å². The number of hydrogen-bond acceptors (Lipinski definition) is 8. The second-order valence-corrected chi connectivity index (χ2v) is 25.9. The van der Waals surface area contributed by atoms with Crippen LogP contribution >= 0.6 is 0 Å². The number of hydrogen-bond donors (Lipinski definition) is 2. The maximum Gasteiger partial charge on any atom is 0.261 e. The second kappa shape index (κ2) is 18.0. The molecular formula is C40H60O8Si2. The largest absolute Gasteiger partial charge is 0.407 e. The van der Waals surface area contributed by atoms with E-state index in [1.54, 1.807) is 13.8 Å². The molecule has 3 aromatic rings. The Bertz CT molecular complexity index is 1360. The lowest BCUT2D eigenvalue weighted by molar-refractivity contribution is -0.210. The summed E-state index contributed by atoms with van der Waals surface area (Å²) < 4.78 is 37.8. The van der Waals surface area contributed by atoms with Crippen LogP contribution in [0.2, 0.25) is 30.7 Å². The summed E-state index contributed by atoms with van der Waals surface area (Å²) >= 11 is 0. The molecule has 1 heterocycles. The second-order valence-electron chi connectivity index (χ2n) is 16.0. The smallest absolute Gasteiger partial charge is 0.261 e. The number of aliphatic hydroxyl groups is 2. The van der Waals surface area contributed by atoms with Crippen molar-refractivity contribution in [3.05, 3.63) is 96.6 Å². The Hall–Kier alpha value is -2.23. The van der Waals surface area contributed by atoms with Crippen LogP contribution in [-0.4, -0.2) is 89.5 Å². The third kappa shape index (κ3) is 11.1. The molecule has 0 unspecified atom stereocenters. The molecule has 1 aliphatic rings. The summed E-state index contributed by atoms with van der Waals surface area (Å²) in [5, 5.41) is 25.5. The van der Waals surface area contributed by atoms with Gasteiger partial charge in [0.1, 0.15) is 31.2 Å². The molecule has 50 heavy (non-hydrogen) atoms. The van der Waals surface area contributed by atoms with E-state index in [9.17, 15) is 10.2 Å². The Morgan fingerprint density at radius 1 is 0.820 bits per heavy atom. The predicted octanol–water partition coefficient (Wildman–Crippen LogP) is 6.11. The van der Waals surface area contributed by atoms with E-state index < -0.39 is 52.7 Å². The van der Waals surface area contributed by atoms with Gasteiger partial charge in [0.2, 0.25) is 0 Å². The van der Waals surface area contributed by atoms with Crippen molar-refractivity contribution in [1.82, 2.24) is 0 Å². The van der Waals surface area contributed by atoms with Crippen molar-refractivity contribution < 1.29 is 38.3 Å². The number of aliphatic hydroxyl groups excluding tert-OH is 2. The van der Waals surface area contributed by atoms with Crippen molar-refractivity contribution in [3.8, 4) is 0 Å². The molecular weight excluding hydrogens is 665 g/mol. The van der Waals surface area contributed by atoms with Crippen molar-refractivity contribution >= 4 is 26.8 Å². The average Bonchev–Trinajstić information content (AvgIpc) is 3.45. The van der Waals surface area contributed by atoms with Crippen LogP contribution < -0.4 is 10.4 Å². The van der Waals surface area contributed by atoms with Gasteiger partial charge in [0, 0.05) is 21.3 Å². The van der Waals surface area contributed by atoms with Gasteiger partial charge in [-0.05, 0) is 47.3 Å². The first kappa shape index (κ1) is 40.5. The molecule has 5 atom stereocenters. The van der Waals surface area contributed by atoms with E-state index in [-0.39, 0.29) is 18.4 Å². The Morgan fingerprint density at radius 2 is 1.38 bits per heavy atom. The van der Waals surface area contributed by atoms with Crippen molar-refractivity contribution in [2.75, 3.05) is 26.6 Å². The van der Waals surface area contributed by atoms with Gasteiger partial charge in [0.15, 0.2) is 5.79 Å². The lowest BCUT2D eigenvalue weighted by Crippen LogP contribution is -2.66. The van der Waals surface area contributed by atoms with Crippen LogP contribution in [0.3, 0.4) is 0 Å². The Kier molecular flexibility index (Phi) is 14.6. The van der Waals surface area contributed by atoms with Crippen LogP contribution in [0.5, 0.6) is 0 Å². The highest BCUT2D eigenvalue weighted by Crippen LogP contribution is 2.37. The molecule has 2 N–H and O–H groups in total. The van der Waals surface area contributed by atoms with Crippen LogP contribution in [0.1, 0.15) is 46.6 Å². The molecule has 0 saturated carbocycles. The fraction of sp³-hybridized carbons (Fsp3) is 0.550. The molecule has 0 aromatic heterocycles. The van der Waals surface area contributed by atoms with E-state index >= 15 is 0 Å². The first-order valence-electron chi connectivity index (χ1n) is 17.9. The molecule has 0 amide bonds. The van der Waals surface area contributed by atoms with E-state index in [4.69, 9.17) is 28.1 Å². The van der Waals surface area contributed by atoms with Crippen molar-refractivity contribution in [2.24, 2.45) is 0 Å². The quantitative estimate of drug-likeness (QED) is 0.0870. The van der Waals surface area contributed by atoms with Gasteiger partial charge in [0.05, 0.1) is 19.3 Å². The Labute approximate surface area is 302 Å². The van der Waals surface area contributed by atoms with E-state index in [1.165, 1.54) is 10.4 Å². The Balaban J connectivity index is 1.64. The van der Waals surface area contributed by atoms with E-state index in [1.807, 2.05) is 42.5 Å². The summed E-state index contributed by atoms with van der Waals surface area (Å²) in [5.41, 5.74) is 0.986. The maximum absolute atomic E-state index is 11.8. The third-order valence-electron chi connectivity index (χ3n) is 9.25. The molecule has 3 aromatic carbocycles. The van der Waals surface area contributed by atoms with Crippen LogP contribution in [0, 0.1) is 0 Å². The minimum absolute atomic E-state index is 0.0484. The molecule has 0 radical (unpaired) electrons. The van der Waals surface area contributed by atoms with Gasteiger partial charge in [-0.2, -0.15) is 0 Å². The fourth-order valence-electron chi connectivity index (χ4n) is 6.50. The van der Waals surface area contributed by atoms with Gasteiger partial charge in [0.25, 0.3) is 8.32 Å². The normalized spacial score (nSPS) is 19.2. The molecule has 1 fully saturated rings. The molecule has 276 valence electrons. The topological polar surface area (TPSA) is 95.8 Å². The summed E-state index contributed by atoms with van der Waals surface area (Å²) in [4.78, 5) is 0. The van der Waals surface area contributed by atoms with E-state index in [0.29, 0.717) is 26.2 Å². The minimum Gasteiger partial charge on any atom is -0.407 e. The van der Waals surface area contributed by atoms with Crippen LogP contribution in [-0.2, 0) is 34.7 Å². The first-order chi connectivity index (χ1) is 23.6. The van der Waals surface area contributed by atoms with Crippen LogP contribution in [0.15, 0.2) is 91.0 Å². The maximum atomic E-state index is 11.8. The fourth-order valence-corrected chi connectivity index (χ4v) is 11.8. The van der Waals surface area contributed by atoms with E-state index in [0.717, 1.165) is 11.6 Å². The molecule has 0 bridgehead atoms. The monoisotopic (exact) mass is 724 g/mol. The SMILES string of the molecule is CC1(C)OC[C@@H]([C@@H](O)[C@H](O)[C@@H](OCOCC[Si](C)(C)C)[C@H](CCO[Si](c2ccccc2)(c2ccccc2)C(C)(C)C)OCc2ccccc2)O1. The lowest BCUT2D eigenvalue weighted by atomic mass is 9.97. The van der Waals surface area contributed by atoms with Gasteiger partial charge >= 0.3 is 0 Å². The third-order valence-corrected chi connectivity index (χ3v) is 16.0. The minimum atomic E-state index is -2.84. The summed E-state index contributed by atoms with van der Waals surface area (Å²) in [6.07, 6.45) is -4.59. The highest BCUT2D eigenvalue weighted by Gasteiger charge is 2.50.